The molecule has 0 aromatic heterocycles. The molecule has 0 unspecified atom stereocenters. The van der Waals surface area contributed by atoms with Crippen LogP contribution in [0.1, 0.15) is 33.1 Å². The minimum Gasteiger partial charge on any atom is -0.323 e. The van der Waals surface area contributed by atoms with Gasteiger partial charge in [-0.1, -0.05) is 19.4 Å². The Kier molecular flexibility index (Phi) is 3.50. The Morgan fingerprint density at radius 2 is 2.20 bits per heavy atom. The third kappa shape index (κ3) is 2.19. The maximum atomic E-state index is 11.9. The van der Waals surface area contributed by atoms with Crippen LogP contribution in [0.2, 0.25) is 0 Å². The maximum Gasteiger partial charge on any atom is 0.325 e. The summed E-state index contributed by atoms with van der Waals surface area (Å²) in [5.41, 5.74) is -0.701. The van der Waals surface area contributed by atoms with Crippen molar-refractivity contribution in [3.63, 3.8) is 0 Å². The average molecular weight is 210 g/mol. The highest BCUT2D eigenvalue weighted by Crippen LogP contribution is 2.22. The van der Waals surface area contributed by atoms with Gasteiger partial charge in [0.2, 0.25) is 0 Å². The van der Waals surface area contributed by atoms with E-state index >= 15 is 0 Å². The standard InChI is InChI=1S/C11H18N2O2/c1-4-6-8-13-9(14)11(3,7-5-2)12-10(13)15/h4H,1,5-8H2,2-3H3,(H,12,15)/t11-/m0/s1. The molecule has 0 aromatic rings. The van der Waals surface area contributed by atoms with Gasteiger partial charge in [0.25, 0.3) is 5.91 Å². The molecule has 0 bridgehead atoms. The number of hydrogen-bond acceptors (Lipinski definition) is 2. The van der Waals surface area contributed by atoms with Crippen molar-refractivity contribution in [1.29, 1.82) is 0 Å². The zero-order valence-electron chi connectivity index (χ0n) is 9.38. The summed E-state index contributed by atoms with van der Waals surface area (Å²) in [6, 6.07) is -0.280. The van der Waals surface area contributed by atoms with Crippen molar-refractivity contribution >= 4 is 11.9 Å². The number of nitrogens with zero attached hydrogens (tertiary/aromatic N) is 1. The Morgan fingerprint density at radius 3 is 2.73 bits per heavy atom. The molecule has 4 nitrogen and oxygen atoms in total. The summed E-state index contributed by atoms with van der Waals surface area (Å²) in [6.45, 7) is 7.78. The van der Waals surface area contributed by atoms with Crippen LogP contribution in [0.4, 0.5) is 4.79 Å². The van der Waals surface area contributed by atoms with Gasteiger partial charge in [-0.15, -0.1) is 6.58 Å². The van der Waals surface area contributed by atoms with Crippen LogP contribution in [0.15, 0.2) is 12.7 Å². The van der Waals surface area contributed by atoms with Crippen LogP contribution in [0, 0.1) is 0 Å². The average Bonchev–Trinajstić information content (AvgIpc) is 2.37. The Bertz CT molecular complexity index is 288. The molecule has 0 aromatic carbocycles. The topological polar surface area (TPSA) is 49.4 Å². The molecular weight excluding hydrogens is 192 g/mol. The number of imide groups is 1. The van der Waals surface area contributed by atoms with Crippen molar-refractivity contribution in [2.45, 2.75) is 38.6 Å². The van der Waals surface area contributed by atoms with E-state index in [9.17, 15) is 9.59 Å². The molecular formula is C11H18N2O2. The molecule has 15 heavy (non-hydrogen) atoms. The number of urea groups is 1. The quantitative estimate of drug-likeness (QED) is 0.554. The summed E-state index contributed by atoms with van der Waals surface area (Å²) in [5, 5.41) is 2.74. The van der Waals surface area contributed by atoms with E-state index in [0.717, 1.165) is 6.42 Å². The molecule has 1 aliphatic rings. The molecule has 1 saturated heterocycles. The Hall–Kier alpha value is -1.32. The lowest BCUT2D eigenvalue weighted by Gasteiger charge is -2.20. The molecule has 0 spiro atoms. The van der Waals surface area contributed by atoms with E-state index in [1.807, 2.05) is 6.92 Å². The van der Waals surface area contributed by atoms with Gasteiger partial charge in [-0.05, 0) is 19.8 Å². The van der Waals surface area contributed by atoms with Gasteiger partial charge in [0.05, 0.1) is 0 Å². The van der Waals surface area contributed by atoms with Crippen LogP contribution in [-0.2, 0) is 4.79 Å². The van der Waals surface area contributed by atoms with Gasteiger partial charge in [-0.3, -0.25) is 9.69 Å². The number of carbonyl (C=O) groups excluding carboxylic acids is 2. The van der Waals surface area contributed by atoms with Gasteiger partial charge in [0, 0.05) is 6.54 Å². The van der Waals surface area contributed by atoms with E-state index in [4.69, 9.17) is 0 Å². The zero-order chi connectivity index (χ0) is 11.5. The lowest BCUT2D eigenvalue weighted by Crippen LogP contribution is -2.43. The predicted molar refractivity (Wildman–Crippen MR) is 58.4 cm³/mol. The van der Waals surface area contributed by atoms with Crippen LogP contribution in [0.5, 0.6) is 0 Å². The molecule has 1 fully saturated rings. The van der Waals surface area contributed by atoms with Gasteiger partial charge < -0.3 is 5.32 Å². The molecule has 1 heterocycles. The van der Waals surface area contributed by atoms with Crippen molar-refractivity contribution in [1.82, 2.24) is 10.2 Å². The molecule has 1 aliphatic heterocycles. The summed E-state index contributed by atoms with van der Waals surface area (Å²) in [4.78, 5) is 24.8. The van der Waals surface area contributed by atoms with E-state index in [0.29, 0.717) is 19.4 Å². The second kappa shape index (κ2) is 4.47. The van der Waals surface area contributed by atoms with E-state index in [1.165, 1.54) is 4.90 Å². The van der Waals surface area contributed by atoms with Crippen molar-refractivity contribution < 1.29 is 9.59 Å². The largest absolute Gasteiger partial charge is 0.325 e. The fraction of sp³-hybridized carbons (Fsp3) is 0.636. The Labute approximate surface area is 90.3 Å². The van der Waals surface area contributed by atoms with E-state index < -0.39 is 5.54 Å². The van der Waals surface area contributed by atoms with Crippen molar-refractivity contribution in [2.75, 3.05) is 6.54 Å². The smallest absolute Gasteiger partial charge is 0.323 e. The summed E-state index contributed by atoms with van der Waals surface area (Å²) in [6.07, 6.45) is 3.90. The molecule has 4 heteroatoms. The van der Waals surface area contributed by atoms with E-state index in [-0.39, 0.29) is 11.9 Å². The third-order valence-corrected chi connectivity index (χ3v) is 2.65. The highest BCUT2D eigenvalue weighted by molar-refractivity contribution is 6.06. The highest BCUT2D eigenvalue weighted by Gasteiger charge is 2.46. The van der Waals surface area contributed by atoms with Crippen LogP contribution in [0.25, 0.3) is 0 Å². The van der Waals surface area contributed by atoms with Crippen LogP contribution in [-0.4, -0.2) is 28.9 Å². The minimum absolute atomic E-state index is 0.115. The predicted octanol–water partition coefficient (Wildman–Crippen LogP) is 1.67. The zero-order valence-corrected chi connectivity index (χ0v) is 9.38. The second-order valence-electron chi connectivity index (χ2n) is 4.05. The first-order chi connectivity index (χ1) is 7.05. The SMILES string of the molecule is C=CCCN1C(=O)N[C@@](C)(CCC)C1=O. The number of nitrogens with one attached hydrogen (secondary N) is 1. The third-order valence-electron chi connectivity index (χ3n) is 2.65. The first kappa shape index (κ1) is 11.8. The highest BCUT2D eigenvalue weighted by atomic mass is 16.2. The minimum atomic E-state index is -0.701. The summed E-state index contributed by atoms with van der Waals surface area (Å²) < 4.78 is 0. The Balaban J connectivity index is 2.73. The fourth-order valence-corrected chi connectivity index (χ4v) is 1.84. The van der Waals surface area contributed by atoms with Crippen LogP contribution < -0.4 is 5.32 Å². The number of rotatable bonds is 5. The van der Waals surface area contributed by atoms with Crippen molar-refractivity contribution in [3.8, 4) is 0 Å². The summed E-state index contributed by atoms with van der Waals surface area (Å²) >= 11 is 0. The summed E-state index contributed by atoms with van der Waals surface area (Å²) in [5.74, 6) is -0.115. The second-order valence-corrected chi connectivity index (χ2v) is 4.05. The monoisotopic (exact) mass is 210 g/mol. The maximum absolute atomic E-state index is 11.9. The fourth-order valence-electron chi connectivity index (χ4n) is 1.84. The Morgan fingerprint density at radius 1 is 1.53 bits per heavy atom. The van der Waals surface area contributed by atoms with Crippen molar-refractivity contribution in [3.05, 3.63) is 12.7 Å². The van der Waals surface area contributed by atoms with Crippen LogP contribution in [0.3, 0.4) is 0 Å². The molecule has 0 radical (unpaired) electrons. The lowest BCUT2D eigenvalue weighted by atomic mass is 9.96. The van der Waals surface area contributed by atoms with Crippen molar-refractivity contribution in [2.24, 2.45) is 0 Å². The van der Waals surface area contributed by atoms with E-state index in [1.54, 1.807) is 13.0 Å². The van der Waals surface area contributed by atoms with Gasteiger partial charge in [0.15, 0.2) is 0 Å². The van der Waals surface area contributed by atoms with Gasteiger partial charge in [0.1, 0.15) is 5.54 Å². The molecule has 0 saturated carbocycles. The normalized spacial score (nSPS) is 25.6. The molecule has 3 amide bonds. The first-order valence-electron chi connectivity index (χ1n) is 5.30. The molecule has 1 N–H and O–H groups in total. The molecule has 1 atom stereocenters. The molecule has 84 valence electrons. The van der Waals surface area contributed by atoms with E-state index in [2.05, 4.69) is 11.9 Å². The van der Waals surface area contributed by atoms with Gasteiger partial charge in [-0.25, -0.2) is 4.79 Å². The molecule has 1 rings (SSSR count). The van der Waals surface area contributed by atoms with Gasteiger partial charge in [-0.2, -0.15) is 0 Å². The number of hydrogen-bond donors (Lipinski definition) is 1. The lowest BCUT2D eigenvalue weighted by molar-refractivity contribution is -0.130. The number of carbonyl (C=O) groups is 2. The van der Waals surface area contributed by atoms with Crippen LogP contribution >= 0.6 is 0 Å². The summed E-state index contributed by atoms with van der Waals surface area (Å²) in [7, 11) is 0. The molecule has 0 aliphatic carbocycles. The van der Waals surface area contributed by atoms with Gasteiger partial charge >= 0.3 is 6.03 Å². The first-order valence-corrected chi connectivity index (χ1v) is 5.30. The number of amides is 3.